The maximum atomic E-state index is 13.2. The van der Waals surface area contributed by atoms with Crippen LogP contribution >= 0.6 is 23.3 Å². The van der Waals surface area contributed by atoms with E-state index in [9.17, 15) is 29.4 Å². The molecule has 1 saturated heterocycles. The minimum atomic E-state index is -1.79. The van der Waals surface area contributed by atoms with Crippen LogP contribution in [0.15, 0.2) is 22.6 Å². The molecule has 0 saturated carbocycles. The van der Waals surface area contributed by atoms with Crippen LogP contribution in [0, 0.1) is 0 Å². The van der Waals surface area contributed by atoms with Crippen LogP contribution in [0.25, 0.3) is 0 Å². The summed E-state index contributed by atoms with van der Waals surface area (Å²) in [5.74, 6) is -3.78. The number of oxime groups is 1. The molecule has 2 aliphatic heterocycles. The van der Waals surface area contributed by atoms with Crippen molar-refractivity contribution in [2.45, 2.75) is 44.0 Å². The van der Waals surface area contributed by atoms with Crippen LogP contribution in [-0.2, 0) is 44.2 Å². The Morgan fingerprint density at radius 2 is 2.02 bits per heavy atom. The molecular formula is C21H27N10O7S2+. The van der Waals surface area contributed by atoms with Gasteiger partial charge in [-0.1, -0.05) is 5.16 Å². The number of nitrogens with two attached hydrogens (primary N) is 3. The van der Waals surface area contributed by atoms with Crippen molar-refractivity contribution in [3.05, 3.63) is 28.9 Å². The Bertz CT molecular complexity index is 1460. The highest BCUT2D eigenvalue weighted by Gasteiger charge is 2.55. The molecule has 40 heavy (non-hydrogen) atoms. The molecule has 0 aromatic carbocycles. The molecule has 4 heterocycles. The standard InChI is InChI=1S/C21H26N10O7S2/c1-21(2,19(36)37)38-27-10(14-26-20(24)40-28-14)15(32)25-11-16(33)31-12(18(34)35)9(7-39-17(11)31)6-30-5-8(4-22)13(23)29(30)3/h5,11,17,23H,4,6-7,22H2,1-3H3,(H5,24,25,26,28,32,34,35,36,37)/p+1/b27-10+/t11-,17-/m1/s1. The van der Waals surface area contributed by atoms with Gasteiger partial charge in [0.2, 0.25) is 23.3 Å². The van der Waals surface area contributed by atoms with E-state index in [-0.39, 0.29) is 35.5 Å². The molecule has 4 rings (SSSR count). The number of amides is 2. The summed E-state index contributed by atoms with van der Waals surface area (Å²) in [6.07, 6.45) is 1.72. The van der Waals surface area contributed by atoms with E-state index in [2.05, 4.69) is 19.8 Å². The number of β-lactam (4-membered cyclic amide) rings is 1. The van der Waals surface area contributed by atoms with E-state index in [0.29, 0.717) is 17.0 Å². The van der Waals surface area contributed by atoms with E-state index in [1.54, 1.807) is 22.6 Å². The molecular weight excluding hydrogens is 568 g/mol. The van der Waals surface area contributed by atoms with Gasteiger partial charge in [0.15, 0.2) is 17.5 Å². The van der Waals surface area contributed by atoms with E-state index in [1.807, 2.05) is 0 Å². The lowest BCUT2D eigenvalue weighted by molar-refractivity contribution is -0.765. The predicted octanol–water partition coefficient (Wildman–Crippen LogP) is -2.19. The lowest BCUT2D eigenvalue weighted by Crippen LogP contribution is -2.71. The number of nitrogens with one attached hydrogen (secondary N) is 1. The summed E-state index contributed by atoms with van der Waals surface area (Å²) in [6.45, 7) is 2.79. The number of hydrogen-bond donors (Lipinski definition) is 6. The molecule has 2 aromatic rings. The summed E-state index contributed by atoms with van der Waals surface area (Å²) in [5, 5.41) is 24.7. The Kier molecular flexibility index (Phi) is 7.72. The van der Waals surface area contributed by atoms with Crippen molar-refractivity contribution in [1.29, 1.82) is 0 Å². The zero-order valence-corrected chi connectivity index (χ0v) is 23.2. The summed E-state index contributed by atoms with van der Waals surface area (Å²) < 4.78 is 7.26. The summed E-state index contributed by atoms with van der Waals surface area (Å²) in [4.78, 5) is 60.0. The number of rotatable bonds is 10. The smallest absolute Gasteiger partial charge is 0.352 e. The van der Waals surface area contributed by atoms with Crippen molar-refractivity contribution in [2.24, 2.45) is 17.9 Å². The fraction of sp³-hybridized carbons (Fsp3) is 0.429. The molecule has 9 N–H and O–H groups in total. The summed E-state index contributed by atoms with van der Waals surface area (Å²) in [5.41, 5.74) is 16.1. The quantitative estimate of drug-likeness (QED) is 0.0739. The Labute approximate surface area is 234 Å². The molecule has 2 atom stereocenters. The van der Waals surface area contributed by atoms with Crippen LogP contribution in [0.1, 0.15) is 25.2 Å². The minimum absolute atomic E-state index is 0.0157. The molecule has 2 amide bonds. The molecule has 1 fully saturated rings. The van der Waals surface area contributed by atoms with Gasteiger partial charge in [-0.05, 0) is 13.8 Å². The molecule has 2 aliphatic rings. The van der Waals surface area contributed by atoms with Gasteiger partial charge < -0.3 is 37.6 Å². The summed E-state index contributed by atoms with van der Waals surface area (Å²) in [7, 11) is 1.71. The number of anilines is 2. The zero-order valence-electron chi connectivity index (χ0n) is 21.5. The fourth-order valence-corrected chi connectivity index (χ4v) is 5.68. The van der Waals surface area contributed by atoms with E-state index < -0.39 is 46.5 Å². The third-order valence-electron chi connectivity index (χ3n) is 6.23. The second-order valence-electron chi connectivity index (χ2n) is 9.29. The van der Waals surface area contributed by atoms with Gasteiger partial charge in [-0.2, -0.15) is 9.36 Å². The number of carboxylic acids is 2. The van der Waals surface area contributed by atoms with Gasteiger partial charge in [-0.15, -0.1) is 21.1 Å². The second kappa shape index (κ2) is 10.7. The molecule has 0 aliphatic carbocycles. The molecule has 0 bridgehead atoms. The molecule has 0 spiro atoms. The topological polar surface area (TPSA) is 258 Å². The predicted molar refractivity (Wildman–Crippen MR) is 141 cm³/mol. The van der Waals surface area contributed by atoms with Crippen LogP contribution in [-0.4, -0.2) is 81.4 Å². The number of carbonyl (C=O) groups is 4. The van der Waals surface area contributed by atoms with Gasteiger partial charge in [0.05, 0.1) is 12.6 Å². The molecule has 214 valence electrons. The maximum absolute atomic E-state index is 13.2. The molecule has 17 nitrogen and oxygen atoms in total. The number of nitrogen functional groups attached to an aromatic ring is 2. The Hall–Kier alpha value is -4.23. The van der Waals surface area contributed by atoms with Crippen LogP contribution in [0.2, 0.25) is 0 Å². The number of thioether (sulfide) groups is 1. The van der Waals surface area contributed by atoms with Crippen molar-refractivity contribution in [3.63, 3.8) is 0 Å². The monoisotopic (exact) mass is 595 g/mol. The van der Waals surface area contributed by atoms with Crippen molar-refractivity contribution >= 4 is 63.7 Å². The van der Waals surface area contributed by atoms with Gasteiger partial charge in [-0.3, -0.25) is 14.5 Å². The number of carbonyl (C=O) groups excluding carboxylic acids is 2. The third kappa shape index (κ3) is 5.17. The highest BCUT2D eigenvalue weighted by atomic mass is 32.2. The third-order valence-corrected chi connectivity index (χ3v) is 8.11. The average molecular weight is 596 g/mol. The molecule has 2 aromatic heterocycles. The van der Waals surface area contributed by atoms with Crippen molar-refractivity contribution < 1.29 is 38.9 Å². The number of nitrogens with zero attached hydrogens (tertiary/aromatic N) is 6. The SMILES string of the molecule is Cn1c(N)c(CN)c[n+]1CC1=C(C(=O)O)N2C(=O)[C@@H](NC(=O)/C(=N/OC(C)(C)C(=O)O)c3nsc(N)n3)[C@H]2SC1. The van der Waals surface area contributed by atoms with E-state index in [1.165, 1.54) is 25.6 Å². The van der Waals surface area contributed by atoms with Crippen LogP contribution in [0.3, 0.4) is 0 Å². The zero-order chi connectivity index (χ0) is 29.5. The average Bonchev–Trinajstić information content (AvgIpc) is 3.44. The van der Waals surface area contributed by atoms with E-state index >= 15 is 0 Å². The van der Waals surface area contributed by atoms with Crippen LogP contribution in [0.5, 0.6) is 0 Å². The van der Waals surface area contributed by atoms with Crippen molar-refractivity contribution in [3.8, 4) is 0 Å². The first kappa shape index (κ1) is 28.8. The van der Waals surface area contributed by atoms with Crippen molar-refractivity contribution in [2.75, 3.05) is 17.2 Å². The number of carboxylic acid groups (broad SMARTS) is 2. The second-order valence-corrected chi connectivity index (χ2v) is 11.2. The fourth-order valence-electron chi connectivity index (χ4n) is 3.91. The first-order chi connectivity index (χ1) is 18.8. The van der Waals surface area contributed by atoms with Gasteiger partial charge in [0.1, 0.15) is 17.1 Å². The van der Waals surface area contributed by atoms with Gasteiger partial charge in [0.25, 0.3) is 11.8 Å². The number of aromatic nitrogens is 4. The Balaban J connectivity index is 1.57. The highest BCUT2D eigenvalue weighted by molar-refractivity contribution is 8.00. The highest BCUT2D eigenvalue weighted by Crippen LogP contribution is 2.40. The summed E-state index contributed by atoms with van der Waals surface area (Å²) >= 11 is 2.03. The van der Waals surface area contributed by atoms with Crippen LogP contribution in [0.4, 0.5) is 10.9 Å². The lowest BCUT2D eigenvalue weighted by Gasteiger charge is -2.49. The van der Waals surface area contributed by atoms with Crippen molar-refractivity contribution in [1.82, 2.24) is 24.3 Å². The number of aliphatic carboxylic acids is 2. The Morgan fingerprint density at radius 1 is 1.32 bits per heavy atom. The van der Waals surface area contributed by atoms with Gasteiger partial charge in [0, 0.05) is 29.4 Å². The number of fused-ring (bicyclic) bond motifs is 1. The maximum Gasteiger partial charge on any atom is 0.352 e. The normalized spacial score (nSPS) is 19.2. The Morgan fingerprint density at radius 3 is 2.58 bits per heavy atom. The molecule has 0 unspecified atom stereocenters. The largest absolute Gasteiger partial charge is 0.478 e. The van der Waals surface area contributed by atoms with E-state index in [4.69, 9.17) is 22.0 Å². The minimum Gasteiger partial charge on any atom is -0.478 e. The van der Waals surface area contributed by atoms with E-state index in [0.717, 1.165) is 16.4 Å². The first-order valence-electron chi connectivity index (χ1n) is 11.6. The molecule has 0 radical (unpaired) electrons. The lowest BCUT2D eigenvalue weighted by atomic mass is 10.0. The number of hydrogen-bond acceptors (Lipinski definition) is 13. The first-order valence-corrected chi connectivity index (χ1v) is 13.4. The summed E-state index contributed by atoms with van der Waals surface area (Å²) in [6, 6.07) is -1.11. The van der Waals surface area contributed by atoms with Gasteiger partial charge in [-0.25, -0.2) is 9.59 Å². The van der Waals surface area contributed by atoms with Gasteiger partial charge >= 0.3 is 11.9 Å². The molecule has 19 heteroatoms. The van der Waals surface area contributed by atoms with Crippen LogP contribution < -0.4 is 27.2 Å².